The summed E-state index contributed by atoms with van der Waals surface area (Å²) in [5, 5.41) is 14.6. The molecule has 3 nitrogen and oxygen atoms in total. The van der Waals surface area contributed by atoms with Gasteiger partial charge < -0.3 is 9.84 Å². The van der Waals surface area contributed by atoms with Crippen molar-refractivity contribution in [2.75, 3.05) is 19.8 Å². The quantitative estimate of drug-likeness (QED) is 0.768. The van der Waals surface area contributed by atoms with Crippen LogP contribution in [0.15, 0.2) is 30.3 Å². The molecule has 105 valence electrons. The Hall–Kier alpha value is -0.900. The molecule has 1 fully saturated rings. The van der Waals surface area contributed by atoms with Gasteiger partial charge in [-0.25, -0.2) is 5.32 Å². The van der Waals surface area contributed by atoms with Crippen molar-refractivity contribution in [1.29, 1.82) is 0 Å². The van der Waals surface area contributed by atoms with Crippen molar-refractivity contribution >= 4 is 0 Å². The molecule has 1 heterocycles. The molecule has 0 spiro atoms. The van der Waals surface area contributed by atoms with Crippen LogP contribution in [0.2, 0.25) is 0 Å². The highest BCUT2D eigenvalue weighted by Crippen LogP contribution is 2.19. The molecule has 1 N–H and O–H groups in total. The third-order valence-corrected chi connectivity index (χ3v) is 3.63. The Kier molecular flexibility index (Phi) is 6.34. The minimum Gasteiger partial charge on any atom is -0.388 e. The molecule has 2 rings (SSSR count). The Labute approximate surface area is 116 Å². The van der Waals surface area contributed by atoms with E-state index in [0.717, 1.165) is 51.0 Å². The van der Waals surface area contributed by atoms with Gasteiger partial charge in [0.1, 0.15) is 0 Å². The first-order valence-corrected chi connectivity index (χ1v) is 7.33. The molecule has 1 aliphatic rings. The lowest BCUT2D eigenvalue weighted by molar-refractivity contribution is 0.0708. The minimum absolute atomic E-state index is 0.316. The van der Waals surface area contributed by atoms with E-state index in [1.54, 1.807) is 0 Å². The van der Waals surface area contributed by atoms with E-state index < -0.39 is 0 Å². The topological polar surface area (TPSA) is 43.6 Å². The summed E-state index contributed by atoms with van der Waals surface area (Å²) >= 11 is 0. The van der Waals surface area contributed by atoms with Crippen molar-refractivity contribution in [1.82, 2.24) is 5.32 Å². The van der Waals surface area contributed by atoms with E-state index in [2.05, 4.69) is 5.32 Å². The summed E-state index contributed by atoms with van der Waals surface area (Å²) in [6.07, 6.45) is 5.08. The molecular weight excluding hydrogens is 238 g/mol. The number of morpholine rings is 1. The van der Waals surface area contributed by atoms with Crippen molar-refractivity contribution in [3.63, 3.8) is 0 Å². The van der Waals surface area contributed by atoms with Crippen molar-refractivity contribution < 1.29 is 9.84 Å². The van der Waals surface area contributed by atoms with Gasteiger partial charge in [0.25, 0.3) is 0 Å². The highest BCUT2D eigenvalue weighted by atomic mass is 16.5. The fourth-order valence-corrected chi connectivity index (χ4v) is 2.48. The highest BCUT2D eigenvalue weighted by Gasteiger charge is 2.13. The summed E-state index contributed by atoms with van der Waals surface area (Å²) in [4.78, 5) is 0. The SMILES string of the molecule is OC(CCCCCC1COCC[N]1)c1ccccc1. The van der Waals surface area contributed by atoms with Gasteiger partial charge in [0.2, 0.25) is 0 Å². The first kappa shape index (κ1) is 14.5. The van der Waals surface area contributed by atoms with Crippen LogP contribution in [0, 0.1) is 0 Å². The zero-order valence-electron chi connectivity index (χ0n) is 11.5. The lowest BCUT2D eigenvalue weighted by Gasteiger charge is -2.21. The molecule has 19 heavy (non-hydrogen) atoms. The number of hydrogen-bond donors (Lipinski definition) is 1. The smallest absolute Gasteiger partial charge is 0.0790 e. The van der Waals surface area contributed by atoms with Gasteiger partial charge in [0, 0.05) is 12.6 Å². The molecule has 2 atom stereocenters. The van der Waals surface area contributed by atoms with Gasteiger partial charge in [0.15, 0.2) is 0 Å². The van der Waals surface area contributed by atoms with E-state index in [4.69, 9.17) is 4.74 Å². The van der Waals surface area contributed by atoms with Crippen LogP contribution in [0.4, 0.5) is 0 Å². The number of rotatable bonds is 7. The van der Waals surface area contributed by atoms with Crippen molar-refractivity contribution in [3.05, 3.63) is 35.9 Å². The van der Waals surface area contributed by atoms with Crippen LogP contribution in [-0.4, -0.2) is 30.9 Å². The molecule has 0 aliphatic carbocycles. The second-order valence-corrected chi connectivity index (χ2v) is 5.20. The summed E-state index contributed by atoms with van der Waals surface area (Å²) < 4.78 is 5.40. The van der Waals surface area contributed by atoms with Crippen LogP contribution in [0.25, 0.3) is 0 Å². The van der Waals surface area contributed by atoms with E-state index in [0.29, 0.717) is 6.04 Å². The zero-order valence-corrected chi connectivity index (χ0v) is 11.5. The molecule has 1 saturated heterocycles. The number of aliphatic hydroxyl groups excluding tert-OH is 1. The Morgan fingerprint density at radius 2 is 2.05 bits per heavy atom. The average molecular weight is 262 g/mol. The number of nitrogens with zero attached hydrogens (tertiary/aromatic N) is 1. The van der Waals surface area contributed by atoms with E-state index in [9.17, 15) is 5.11 Å². The van der Waals surface area contributed by atoms with Crippen LogP contribution in [0.3, 0.4) is 0 Å². The summed E-state index contributed by atoms with van der Waals surface area (Å²) in [7, 11) is 0. The normalized spacial score (nSPS) is 21.2. The maximum atomic E-state index is 10.0. The molecule has 0 aromatic heterocycles. The van der Waals surface area contributed by atoms with Gasteiger partial charge in [-0.05, 0) is 18.4 Å². The first-order chi connectivity index (χ1) is 9.36. The summed E-state index contributed by atoms with van der Waals surface area (Å²) in [6, 6.07) is 10.3. The average Bonchev–Trinajstić information content (AvgIpc) is 2.49. The molecule has 1 aromatic rings. The molecule has 1 aliphatic heterocycles. The maximum Gasteiger partial charge on any atom is 0.0790 e. The van der Waals surface area contributed by atoms with Crippen LogP contribution >= 0.6 is 0 Å². The van der Waals surface area contributed by atoms with Gasteiger partial charge in [0.05, 0.1) is 19.3 Å². The second-order valence-electron chi connectivity index (χ2n) is 5.20. The van der Waals surface area contributed by atoms with Crippen molar-refractivity contribution in [3.8, 4) is 0 Å². The Balaban J connectivity index is 1.54. The fraction of sp³-hybridized carbons (Fsp3) is 0.625. The van der Waals surface area contributed by atoms with Crippen LogP contribution < -0.4 is 5.32 Å². The molecular formula is C16H24NO2. The van der Waals surface area contributed by atoms with Gasteiger partial charge in [-0.1, -0.05) is 49.6 Å². The Morgan fingerprint density at radius 1 is 1.21 bits per heavy atom. The molecule has 3 heteroatoms. The summed E-state index contributed by atoms with van der Waals surface area (Å²) in [5.74, 6) is 0. The Bertz CT molecular complexity index is 336. The monoisotopic (exact) mass is 262 g/mol. The molecule has 0 saturated carbocycles. The maximum absolute atomic E-state index is 10.0. The van der Waals surface area contributed by atoms with E-state index in [1.807, 2.05) is 30.3 Å². The van der Waals surface area contributed by atoms with E-state index in [-0.39, 0.29) is 6.10 Å². The van der Waals surface area contributed by atoms with Gasteiger partial charge in [-0.3, -0.25) is 0 Å². The van der Waals surface area contributed by atoms with E-state index >= 15 is 0 Å². The molecule has 2 unspecified atom stereocenters. The van der Waals surface area contributed by atoms with Crippen LogP contribution in [-0.2, 0) is 4.74 Å². The summed E-state index contributed by atoms with van der Waals surface area (Å²) in [6.45, 7) is 2.45. The molecule has 0 bridgehead atoms. The first-order valence-electron chi connectivity index (χ1n) is 7.33. The third-order valence-electron chi connectivity index (χ3n) is 3.63. The number of aliphatic hydroxyl groups is 1. The number of unbranched alkanes of at least 4 members (excludes halogenated alkanes) is 2. The zero-order chi connectivity index (χ0) is 13.3. The van der Waals surface area contributed by atoms with Crippen LogP contribution in [0.1, 0.15) is 43.8 Å². The lowest BCUT2D eigenvalue weighted by atomic mass is 10.0. The second kappa shape index (κ2) is 8.31. The molecule has 1 aromatic carbocycles. The molecule has 0 amide bonds. The van der Waals surface area contributed by atoms with Gasteiger partial charge >= 0.3 is 0 Å². The standard InChI is InChI=1S/C16H24NO2/c18-16(14-7-3-1-4-8-14)10-6-2-5-9-15-13-19-12-11-17-15/h1,3-4,7-8,15-16,18H,2,5-6,9-13H2. The van der Waals surface area contributed by atoms with Crippen molar-refractivity contribution in [2.24, 2.45) is 0 Å². The largest absolute Gasteiger partial charge is 0.388 e. The third kappa shape index (κ3) is 5.31. The number of benzene rings is 1. The minimum atomic E-state index is -0.316. The van der Waals surface area contributed by atoms with Gasteiger partial charge in [-0.15, -0.1) is 0 Å². The highest BCUT2D eigenvalue weighted by molar-refractivity contribution is 5.16. The summed E-state index contributed by atoms with van der Waals surface area (Å²) in [5.41, 5.74) is 1.03. The fourth-order valence-electron chi connectivity index (χ4n) is 2.48. The number of ether oxygens (including phenoxy) is 1. The van der Waals surface area contributed by atoms with Gasteiger partial charge in [-0.2, -0.15) is 0 Å². The Morgan fingerprint density at radius 3 is 2.79 bits per heavy atom. The lowest BCUT2D eigenvalue weighted by Crippen LogP contribution is -2.35. The van der Waals surface area contributed by atoms with E-state index in [1.165, 1.54) is 6.42 Å². The predicted molar refractivity (Wildman–Crippen MR) is 76.1 cm³/mol. The van der Waals surface area contributed by atoms with Crippen molar-refractivity contribution in [2.45, 2.75) is 44.2 Å². The predicted octanol–water partition coefficient (Wildman–Crippen LogP) is 2.67. The van der Waals surface area contributed by atoms with Crippen LogP contribution in [0.5, 0.6) is 0 Å². The molecule has 1 radical (unpaired) electrons. The number of hydrogen-bond acceptors (Lipinski definition) is 2.